The van der Waals surface area contributed by atoms with E-state index in [2.05, 4.69) is 19.1 Å². The number of thioether (sulfide) groups is 1. The molecule has 0 spiro atoms. The van der Waals surface area contributed by atoms with Crippen molar-refractivity contribution >= 4 is 29.2 Å². The minimum atomic E-state index is 0.182. The number of benzene rings is 2. The molecule has 0 unspecified atom stereocenters. The summed E-state index contributed by atoms with van der Waals surface area (Å²) in [7, 11) is 3.04. The quantitative estimate of drug-likeness (QED) is 0.250. The molecule has 2 aromatic rings. The zero-order valence-electron chi connectivity index (χ0n) is 17.7. The summed E-state index contributed by atoms with van der Waals surface area (Å²) in [6.45, 7) is 2.20. The average Bonchev–Trinajstić information content (AvgIpc) is 2.77. The summed E-state index contributed by atoms with van der Waals surface area (Å²) in [4.78, 5) is 2.42. The van der Waals surface area contributed by atoms with Crippen LogP contribution in [-0.4, -0.2) is 20.0 Å². The fourth-order valence-electron chi connectivity index (χ4n) is 3.05. The number of hydrogen-bond donors (Lipinski definition) is 1. The molecule has 158 valence electrons. The molecule has 0 aliphatic rings. The van der Waals surface area contributed by atoms with Gasteiger partial charge in [-0.2, -0.15) is 10.5 Å². The Morgan fingerprint density at radius 2 is 1.50 bits per heavy atom. The van der Waals surface area contributed by atoms with E-state index in [9.17, 15) is 10.5 Å². The van der Waals surface area contributed by atoms with E-state index < -0.39 is 0 Å². The number of nitrogen functional groups attached to an aromatic ring is 1. The lowest BCUT2D eigenvalue weighted by atomic mass is 10.1. The predicted molar refractivity (Wildman–Crippen MR) is 123 cm³/mol. The van der Waals surface area contributed by atoms with Crippen molar-refractivity contribution in [1.29, 1.82) is 10.5 Å². The first kappa shape index (κ1) is 23.8. The van der Waals surface area contributed by atoms with E-state index in [-0.39, 0.29) is 11.1 Å². The Balaban J connectivity index is 2.53. The molecule has 0 aromatic heterocycles. The molecule has 7 heteroatoms. The highest BCUT2D eigenvalue weighted by atomic mass is 32.2. The number of unbranched alkanes of at least 4 members (excludes halogenated alkanes) is 4. The van der Waals surface area contributed by atoms with Crippen LogP contribution >= 0.6 is 23.5 Å². The fraction of sp³-hybridized carbons (Fsp3) is 0.391. The Hall–Kier alpha value is -2.48. The van der Waals surface area contributed by atoms with E-state index in [1.807, 2.05) is 24.3 Å². The summed E-state index contributed by atoms with van der Waals surface area (Å²) in [5.74, 6) is 1.69. The van der Waals surface area contributed by atoms with E-state index in [0.29, 0.717) is 17.2 Å². The van der Waals surface area contributed by atoms with Crippen LogP contribution in [0.5, 0.6) is 11.5 Å². The second-order valence-corrected chi connectivity index (χ2v) is 8.76. The number of methoxy groups -OCH3 is 2. The van der Waals surface area contributed by atoms with Gasteiger partial charge < -0.3 is 15.2 Å². The van der Waals surface area contributed by atoms with Gasteiger partial charge in [0.2, 0.25) is 0 Å². The van der Waals surface area contributed by atoms with Crippen LogP contribution in [0.1, 0.15) is 50.2 Å². The van der Waals surface area contributed by atoms with E-state index in [1.54, 1.807) is 11.8 Å². The third kappa shape index (κ3) is 5.56. The molecular weight excluding hydrogens is 414 g/mol. The van der Waals surface area contributed by atoms with Crippen molar-refractivity contribution in [2.75, 3.05) is 25.7 Å². The normalized spacial score (nSPS) is 10.3. The molecular formula is C23H27N3O2S2. The maximum atomic E-state index is 9.74. The van der Waals surface area contributed by atoms with Gasteiger partial charge in [0.25, 0.3) is 0 Å². The lowest BCUT2D eigenvalue weighted by Gasteiger charge is -2.20. The number of hydrogen-bond acceptors (Lipinski definition) is 7. The summed E-state index contributed by atoms with van der Waals surface area (Å²) in [5, 5.41) is 19.5. The molecule has 0 aliphatic heterocycles. The third-order valence-electron chi connectivity index (χ3n) is 4.58. The van der Waals surface area contributed by atoms with Crippen molar-refractivity contribution in [2.24, 2.45) is 0 Å². The second kappa shape index (κ2) is 12.3. The first-order chi connectivity index (χ1) is 14.6. The van der Waals surface area contributed by atoms with Crippen molar-refractivity contribution in [3.63, 3.8) is 0 Å². The monoisotopic (exact) mass is 441 g/mol. The summed E-state index contributed by atoms with van der Waals surface area (Å²) in [5.41, 5.74) is 7.18. The van der Waals surface area contributed by atoms with Crippen LogP contribution in [0.25, 0.3) is 0 Å². The number of nitrogens with zero attached hydrogens (tertiary/aromatic N) is 2. The van der Waals surface area contributed by atoms with Gasteiger partial charge in [0.15, 0.2) is 11.5 Å². The lowest BCUT2D eigenvalue weighted by molar-refractivity contribution is 0.381. The Morgan fingerprint density at radius 3 is 2.07 bits per heavy atom. The topological polar surface area (TPSA) is 92.1 Å². The Labute approximate surface area is 187 Å². The number of ether oxygens (including phenoxy) is 2. The maximum Gasteiger partial charge on any atom is 0.153 e. The second-order valence-electron chi connectivity index (χ2n) is 6.60. The summed E-state index contributed by atoms with van der Waals surface area (Å²) in [6, 6.07) is 11.8. The van der Waals surface area contributed by atoms with Gasteiger partial charge in [-0.3, -0.25) is 0 Å². The van der Waals surface area contributed by atoms with Crippen LogP contribution in [0.15, 0.2) is 39.0 Å². The van der Waals surface area contributed by atoms with Gasteiger partial charge in [-0.15, -0.1) is 11.8 Å². The van der Waals surface area contributed by atoms with Crippen LogP contribution in [-0.2, 0) is 0 Å². The van der Waals surface area contributed by atoms with Gasteiger partial charge in [-0.05, 0) is 24.3 Å². The number of nitrogens with two attached hydrogens (primary N) is 1. The largest absolute Gasteiger partial charge is 0.494 e. The molecule has 2 N–H and O–H groups in total. The highest BCUT2D eigenvalue weighted by Gasteiger charge is 2.27. The minimum Gasteiger partial charge on any atom is -0.494 e. The van der Waals surface area contributed by atoms with Gasteiger partial charge >= 0.3 is 0 Å². The molecule has 0 radical (unpaired) electrons. The average molecular weight is 442 g/mol. The highest BCUT2D eigenvalue weighted by Crippen LogP contribution is 2.51. The van der Waals surface area contributed by atoms with Crippen molar-refractivity contribution in [3.05, 3.63) is 35.4 Å². The van der Waals surface area contributed by atoms with Gasteiger partial charge in [0, 0.05) is 10.6 Å². The van der Waals surface area contributed by atoms with Gasteiger partial charge in [-0.25, -0.2) is 0 Å². The molecule has 30 heavy (non-hydrogen) atoms. The van der Waals surface area contributed by atoms with Crippen LogP contribution < -0.4 is 15.2 Å². The molecule has 5 nitrogen and oxygen atoms in total. The van der Waals surface area contributed by atoms with Crippen LogP contribution in [0.3, 0.4) is 0 Å². The van der Waals surface area contributed by atoms with Gasteiger partial charge in [0.05, 0.1) is 24.0 Å². The molecule has 0 atom stereocenters. The zero-order chi connectivity index (χ0) is 21.9. The third-order valence-corrected chi connectivity index (χ3v) is 7.07. The molecule has 2 aromatic carbocycles. The van der Waals surface area contributed by atoms with Crippen molar-refractivity contribution in [1.82, 2.24) is 0 Å². The predicted octanol–water partition coefficient (Wildman–Crippen LogP) is 6.24. The smallest absolute Gasteiger partial charge is 0.153 e. The fourth-order valence-corrected chi connectivity index (χ4v) is 5.46. The summed E-state index contributed by atoms with van der Waals surface area (Å²) < 4.78 is 11.2. The molecule has 0 saturated carbocycles. The molecule has 0 aliphatic carbocycles. The summed E-state index contributed by atoms with van der Waals surface area (Å²) >= 11 is 3.06. The van der Waals surface area contributed by atoms with E-state index in [1.165, 1.54) is 45.2 Å². The van der Waals surface area contributed by atoms with Crippen molar-refractivity contribution < 1.29 is 9.47 Å². The SMILES string of the molecule is CCCCCCCSc1c(OC)c(C#N)c(C#N)c(OC)c1Sc1ccccc1N. The lowest BCUT2D eigenvalue weighted by Crippen LogP contribution is -2.02. The highest BCUT2D eigenvalue weighted by molar-refractivity contribution is 8.02. The Morgan fingerprint density at radius 1 is 0.900 bits per heavy atom. The molecule has 0 saturated heterocycles. The van der Waals surface area contributed by atoms with Crippen molar-refractivity contribution in [2.45, 2.75) is 53.7 Å². The molecule has 0 fully saturated rings. The zero-order valence-corrected chi connectivity index (χ0v) is 19.3. The van der Waals surface area contributed by atoms with Crippen LogP contribution in [0.4, 0.5) is 5.69 Å². The standard InChI is InChI=1S/C23H27N3O2S2/c1-4-5-6-7-10-13-29-22-20(27-2)16(14-24)17(15-25)21(28-3)23(22)30-19-12-9-8-11-18(19)26/h8-9,11-12H,4-7,10,13,26H2,1-3H3. The molecule has 2 rings (SSSR count). The minimum absolute atomic E-state index is 0.182. The number of rotatable bonds is 11. The first-order valence-corrected chi connectivity index (χ1v) is 11.7. The van der Waals surface area contributed by atoms with Gasteiger partial charge in [-0.1, -0.05) is 56.5 Å². The van der Waals surface area contributed by atoms with E-state index >= 15 is 0 Å². The van der Waals surface area contributed by atoms with Crippen molar-refractivity contribution in [3.8, 4) is 23.6 Å². The summed E-state index contributed by atoms with van der Waals surface area (Å²) in [6.07, 6.45) is 5.89. The maximum absolute atomic E-state index is 9.74. The molecule has 0 bridgehead atoms. The molecule has 0 heterocycles. The van der Waals surface area contributed by atoms with Crippen LogP contribution in [0.2, 0.25) is 0 Å². The van der Waals surface area contributed by atoms with Crippen LogP contribution in [0, 0.1) is 22.7 Å². The van der Waals surface area contributed by atoms with E-state index in [4.69, 9.17) is 15.2 Å². The number of nitriles is 2. The van der Waals surface area contributed by atoms with E-state index in [0.717, 1.165) is 33.3 Å². The number of para-hydroxylation sites is 1. The first-order valence-electron chi connectivity index (χ1n) is 9.90. The Kier molecular flexibility index (Phi) is 9.73. The number of anilines is 1. The van der Waals surface area contributed by atoms with Gasteiger partial charge in [0.1, 0.15) is 23.3 Å². The Bertz CT molecular complexity index is 949. The molecule has 0 amide bonds.